The molecule has 2 rings (SSSR count). The van der Waals surface area contributed by atoms with Gasteiger partial charge < -0.3 is 4.42 Å². The van der Waals surface area contributed by atoms with Gasteiger partial charge in [0.1, 0.15) is 9.97 Å². The summed E-state index contributed by atoms with van der Waals surface area (Å²) < 4.78 is 33.2. The van der Waals surface area contributed by atoms with Crippen molar-refractivity contribution in [3.05, 3.63) is 39.0 Å². The van der Waals surface area contributed by atoms with Gasteiger partial charge in [0.2, 0.25) is 10.0 Å². The molecular formula is C12H14BrClN2O3S2. The number of nitrogens with zero attached hydrogens (tertiary/aromatic N) is 1. The van der Waals surface area contributed by atoms with Crippen LogP contribution < -0.4 is 4.72 Å². The van der Waals surface area contributed by atoms with Gasteiger partial charge in [-0.2, -0.15) is 0 Å². The third-order valence-electron chi connectivity index (χ3n) is 2.85. The number of halogens is 2. The van der Waals surface area contributed by atoms with Gasteiger partial charge in [-0.1, -0.05) is 11.6 Å². The largest absolute Gasteiger partial charge is 0.468 e. The van der Waals surface area contributed by atoms with E-state index in [-0.39, 0.29) is 16.8 Å². The van der Waals surface area contributed by atoms with Gasteiger partial charge in [-0.15, -0.1) is 11.3 Å². The zero-order valence-electron chi connectivity index (χ0n) is 11.3. The van der Waals surface area contributed by atoms with Gasteiger partial charge in [0, 0.05) is 6.54 Å². The molecule has 2 aromatic rings. The minimum absolute atomic E-state index is 0.177. The molecule has 0 saturated heterocycles. The Bertz CT molecular complexity index is 679. The van der Waals surface area contributed by atoms with Crippen LogP contribution in [0.1, 0.15) is 11.8 Å². The minimum Gasteiger partial charge on any atom is -0.468 e. The van der Waals surface area contributed by atoms with Crippen molar-refractivity contribution in [2.24, 2.45) is 0 Å². The van der Waals surface area contributed by atoms with Crippen LogP contribution in [0, 0.1) is 0 Å². The molecule has 0 spiro atoms. The molecular weight excluding hydrogens is 400 g/mol. The standard InChI is InChI=1S/C12H14BrClN2O3S2/c1-16(2)9(10-4-3-5-19-10)7-15-21(17,18)11-6-8(14)12(13)20-11/h3-6,9,15H,7H2,1-2H3. The molecule has 2 heterocycles. The van der Waals surface area contributed by atoms with Gasteiger partial charge in [-0.25, -0.2) is 13.1 Å². The van der Waals surface area contributed by atoms with Crippen LogP contribution in [0.5, 0.6) is 0 Å². The van der Waals surface area contributed by atoms with E-state index in [0.29, 0.717) is 14.6 Å². The van der Waals surface area contributed by atoms with Crippen molar-refractivity contribution < 1.29 is 12.8 Å². The van der Waals surface area contributed by atoms with Crippen LogP contribution in [0.25, 0.3) is 0 Å². The normalized spacial score (nSPS) is 13.8. The average molecular weight is 414 g/mol. The van der Waals surface area contributed by atoms with Crippen molar-refractivity contribution in [2.45, 2.75) is 10.3 Å². The van der Waals surface area contributed by atoms with E-state index in [0.717, 1.165) is 11.3 Å². The number of hydrogen-bond donors (Lipinski definition) is 1. The molecule has 2 aromatic heterocycles. The Balaban J connectivity index is 2.13. The van der Waals surface area contributed by atoms with Crippen molar-refractivity contribution >= 4 is 48.9 Å². The molecule has 0 fully saturated rings. The second kappa shape index (κ2) is 6.80. The number of rotatable bonds is 6. The van der Waals surface area contributed by atoms with E-state index >= 15 is 0 Å². The van der Waals surface area contributed by atoms with E-state index in [1.165, 1.54) is 6.07 Å². The fraction of sp³-hybridized carbons (Fsp3) is 0.333. The van der Waals surface area contributed by atoms with Gasteiger partial charge in [0.15, 0.2) is 0 Å². The van der Waals surface area contributed by atoms with Crippen molar-refractivity contribution in [2.75, 3.05) is 20.6 Å². The van der Waals surface area contributed by atoms with Crippen LogP contribution in [0.4, 0.5) is 0 Å². The van der Waals surface area contributed by atoms with Crippen LogP contribution in [0.2, 0.25) is 5.02 Å². The van der Waals surface area contributed by atoms with Crippen LogP contribution in [0.15, 0.2) is 36.9 Å². The first-order valence-electron chi connectivity index (χ1n) is 5.95. The maximum Gasteiger partial charge on any atom is 0.250 e. The van der Waals surface area contributed by atoms with Gasteiger partial charge in [0.05, 0.1) is 21.1 Å². The Labute approximate surface area is 141 Å². The van der Waals surface area contributed by atoms with Gasteiger partial charge >= 0.3 is 0 Å². The van der Waals surface area contributed by atoms with E-state index in [1.54, 1.807) is 12.3 Å². The van der Waals surface area contributed by atoms with Gasteiger partial charge in [-0.05, 0) is 48.2 Å². The maximum absolute atomic E-state index is 12.3. The number of likely N-dealkylation sites (N-methyl/N-ethyl adjacent to an activating group) is 1. The molecule has 21 heavy (non-hydrogen) atoms. The Morgan fingerprint density at radius 1 is 1.52 bits per heavy atom. The zero-order chi connectivity index (χ0) is 15.6. The third-order valence-corrected chi connectivity index (χ3v) is 7.22. The van der Waals surface area contributed by atoms with Gasteiger partial charge in [0.25, 0.3) is 0 Å². The molecule has 0 radical (unpaired) electrons. The van der Waals surface area contributed by atoms with Crippen LogP contribution >= 0.6 is 38.9 Å². The molecule has 0 bridgehead atoms. The number of thiophene rings is 1. The number of furan rings is 1. The highest BCUT2D eigenvalue weighted by atomic mass is 79.9. The molecule has 9 heteroatoms. The quantitative estimate of drug-likeness (QED) is 0.789. The molecule has 1 unspecified atom stereocenters. The first-order chi connectivity index (χ1) is 9.81. The molecule has 5 nitrogen and oxygen atoms in total. The van der Waals surface area contributed by atoms with E-state index < -0.39 is 10.0 Å². The van der Waals surface area contributed by atoms with Crippen molar-refractivity contribution in [3.63, 3.8) is 0 Å². The molecule has 0 aliphatic heterocycles. The predicted octanol–water partition coefficient (Wildman–Crippen LogP) is 3.34. The highest BCUT2D eigenvalue weighted by Gasteiger charge is 2.23. The molecule has 0 aromatic carbocycles. The molecule has 116 valence electrons. The summed E-state index contributed by atoms with van der Waals surface area (Å²) in [7, 11) is 0.127. The molecule has 0 saturated carbocycles. The Hall–Kier alpha value is -0.380. The second-order valence-electron chi connectivity index (χ2n) is 4.53. The fourth-order valence-electron chi connectivity index (χ4n) is 1.74. The number of hydrogen-bond acceptors (Lipinski definition) is 5. The molecule has 0 amide bonds. The summed E-state index contributed by atoms with van der Waals surface area (Å²) >= 11 is 10.2. The highest BCUT2D eigenvalue weighted by Crippen LogP contribution is 2.34. The smallest absolute Gasteiger partial charge is 0.250 e. The summed E-state index contributed by atoms with van der Waals surface area (Å²) in [6.07, 6.45) is 1.57. The minimum atomic E-state index is -3.60. The Kier molecular flexibility index (Phi) is 5.50. The first kappa shape index (κ1) is 17.0. The summed E-state index contributed by atoms with van der Waals surface area (Å²) in [6.45, 7) is 0.204. The SMILES string of the molecule is CN(C)C(CNS(=O)(=O)c1cc(Cl)c(Br)s1)c1ccco1. The molecule has 0 aliphatic carbocycles. The highest BCUT2D eigenvalue weighted by molar-refractivity contribution is 9.11. The summed E-state index contributed by atoms with van der Waals surface area (Å²) in [5.74, 6) is 0.702. The van der Waals surface area contributed by atoms with Crippen LogP contribution in [-0.4, -0.2) is 34.0 Å². The molecule has 0 aliphatic rings. The van der Waals surface area contributed by atoms with E-state index in [4.69, 9.17) is 16.0 Å². The number of nitrogens with one attached hydrogen (secondary N) is 1. The van der Waals surface area contributed by atoms with E-state index in [2.05, 4.69) is 20.7 Å². The molecule has 1 N–H and O–H groups in total. The van der Waals surface area contributed by atoms with E-state index in [1.807, 2.05) is 25.1 Å². The Morgan fingerprint density at radius 3 is 2.71 bits per heavy atom. The summed E-state index contributed by atoms with van der Waals surface area (Å²) in [5.41, 5.74) is 0. The van der Waals surface area contributed by atoms with Crippen molar-refractivity contribution in [1.29, 1.82) is 0 Å². The summed E-state index contributed by atoms with van der Waals surface area (Å²) in [5, 5.41) is 0.385. The summed E-state index contributed by atoms with van der Waals surface area (Å²) in [6, 6.07) is 4.83. The predicted molar refractivity (Wildman–Crippen MR) is 87.4 cm³/mol. The fourth-order valence-corrected chi connectivity index (χ4v) is 5.22. The monoisotopic (exact) mass is 412 g/mol. The second-order valence-corrected chi connectivity index (χ2v) is 9.30. The summed E-state index contributed by atoms with van der Waals surface area (Å²) in [4.78, 5) is 1.89. The lowest BCUT2D eigenvalue weighted by Crippen LogP contribution is -2.34. The topological polar surface area (TPSA) is 62.6 Å². The Morgan fingerprint density at radius 2 is 2.24 bits per heavy atom. The van der Waals surface area contributed by atoms with E-state index in [9.17, 15) is 8.42 Å². The third kappa shape index (κ3) is 4.08. The lowest BCUT2D eigenvalue weighted by molar-refractivity contribution is 0.259. The average Bonchev–Trinajstić information content (AvgIpc) is 3.01. The zero-order valence-corrected chi connectivity index (χ0v) is 15.3. The van der Waals surface area contributed by atoms with Crippen molar-refractivity contribution in [3.8, 4) is 0 Å². The first-order valence-corrected chi connectivity index (χ1v) is 9.42. The van der Waals surface area contributed by atoms with Gasteiger partial charge in [-0.3, -0.25) is 4.90 Å². The van der Waals surface area contributed by atoms with Crippen molar-refractivity contribution in [1.82, 2.24) is 9.62 Å². The van der Waals surface area contributed by atoms with Crippen LogP contribution in [0.3, 0.4) is 0 Å². The lowest BCUT2D eigenvalue weighted by Gasteiger charge is -2.22. The maximum atomic E-state index is 12.3. The van der Waals surface area contributed by atoms with Crippen LogP contribution in [-0.2, 0) is 10.0 Å². The number of sulfonamides is 1. The molecule has 1 atom stereocenters. The lowest BCUT2D eigenvalue weighted by atomic mass is 10.2.